The van der Waals surface area contributed by atoms with Crippen LogP contribution in [0.5, 0.6) is 5.75 Å². The van der Waals surface area contributed by atoms with E-state index < -0.39 is 20.9 Å². The van der Waals surface area contributed by atoms with Crippen LogP contribution in [-0.4, -0.2) is 25.4 Å². The van der Waals surface area contributed by atoms with Crippen LogP contribution in [0.3, 0.4) is 0 Å². The summed E-state index contributed by atoms with van der Waals surface area (Å²) in [5, 5.41) is 10.6. The topological polar surface area (TPSA) is 128 Å². The molecule has 2 rings (SSSR count). The van der Waals surface area contributed by atoms with Crippen molar-refractivity contribution in [2.24, 2.45) is 0 Å². The predicted octanol–water partition coefficient (Wildman–Crippen LogP) is 2.01. The molecule has 9 nitrogen and oxygen atoms in total. The summed E-state index contributed by atoms with van der Waals surface area (Å²) in [7, 11) is -4.06. The Kier molecular flexibility index (Phi) is 5.90. The number of nitrogens with one attached hydrogen (secondary N) is 2. The van der Waals surface area contributed by atoms with Gasteiger partial charge in [-0.1, -0.05) is 0 Å². The van der Waals surface area contributed by atoms with Crippen LogP contribution in [0.1, 0.15) is 24.2 Å². The van der Waals surface area contributed by atoms with E-state index >= 15 is 0 Å². The van der Waals surface area contributed by atoms with Crippen LogP contribution in [0.4, 0.5) is 5.69 Å². The largest absolute Gasteiger partial charge is 0.491 e. The van der Waals surface area contributed by atoms with Gasteiger partial charge in [0.25, 0.3) is 21.6 Å². The van der Waals surface area contributed by atoms with Crippen molar-refractivity contribution in [1.29, 1.82) is 0 Å². The predicted molar refractivity (Wildman–Crippen MR) is 93.1 cm³/mol. The summed E-state index contributed by atoms with van der Waals surface area (Å²) in [6.07, 6.45) is -0.0109. The molecule has 0 aliphatic rings. The number of nitrogens with zero attached hydrogens (tertiary/aromatic N) is 1. The first kappa shape index (κ1) is 19.3. The average Bonchev–Trinajstić information content (AvgIpc) is 2.60. The fourth-order valence-electron chi connectivity index (χ4n) is 1.95. The molecule has 0 heterocycles. The maximum Gasteiger partial charge on any atom is 0.269 e. The highest BCUT2D eigenvalue weighted by Crippen LogP contribution is 2.16. The Labute approximate surface area is 150 Å². The van der Waals surface area contributed by atoms with E-state index in [1.165, 1.54) is 12.1 Å². The normalized spacial score (nSPS) is 11.2. The standard InChI is InChI=1S/C16H17N3O6S/c1-11(2)25-14-7-3-12(4-8-14)16(20)17-18-26(23,24)15-9-5-13(6-10-15)19(21)22/h3-11,18H,1-2H3,(H,17,20). The van der Waals surface area contributed by atoms with Crippen molar-refractivity contribution in [3.8, 4) is 5.75 Å². The Hall–Kier alpha value is -2.98. The number of hydrogen-bond acceptors (Lipinski definition) is 6. The smallest absolute Gasteiger partial charge is 0.269 e. The van der Waals surface area contributed by atoms with E-state index in [4.69, 9.17) is 4.74 Å². The Balaban J connectivity index is 2.02. The van der Waals surface area contributed by atoms with E-state index in [0.717, 1.165) is 24.3 Å². The van der Waals surface area contributed by atoms with Gasteiger partial charge >= 0.3 is 0 Å². The molecule has 2 aromatic rings. The molecule has 0 spiro atoms. The van der Waals surface area contributed by atoms with Crippen molar-refractivity contribution >= 4 is 21.6 Å². The number of hydrogen-bond donors (Lipinski definition) is 2. The molecule has 0 fully saturated rings. The Morgan fingerprint density at radius 2 is 1.65 bits per heavy atom. The van der Waals surface area contributed by atoms with Crippen LogP contribution < -0.4 is 15.0 Å². The summed E-state index contributed by atoms with van der Waals surface area (Å²) in [4.78, 5) is 23.7. The molecule has 0 saturated carbocycles. The van der Waals surface area contributed by atoms with Crippen molar-refractivity contribution in [1.82, 2.24) is 10.3 Å². The van der Waals surface area contributed by atoms with Crippen molar-refractivity contribution < 1.29 is 22.9 Å². The first-order chi connectivity index (χ1) is 12.2. The molecular weight excluding hydrogens is 362 g/mol. The van der Waals surface area contributed by atoms with E-state index in [-0.39, 0.29) is 22.3 Å². The van der Waals surface area contributed by atoms with Gasteiger partial charge < -0.3 is 4.74 Å². The molecule has 138 valence electrons. The number of carbonyl (C=O) groups excluding carboxylic acids is 1. The van der Waals surface area contributed by atoms with Gasteiger partial charge in [0.1, 0.15) is 5.75 Å². The summed E-state index contributed by atoms with van der Waals surface area (Å²) < 4.78 is 29.7. The van der Waals surface area contributed by atoms with Crippen molar-refractivity contribution in [2.75, 3.05) is 0 Å². The summed E-state index contributed by atoms with van der Waals surface area (Å²) in [6, 6.07) is 10.4. The SMILES string of the molecule is CC(C)Oc1ccc(C(=O)NNS(=O)(=O)c2ccc([N+](=O)[O-])cc2)cc1. The Morgan fingerprint density at radius 1 is 1.08 bits per heavy atom. The number of rotatable bonds is 7. The molecule has 0 saturated heterocycles. The van der Waals surface area contributed by atoms with Gasteiger partial charge in [0.15, 0.2) is 0 Å². The second-order valence-corrected chi connectivity index (χ2v) is 7.18. The van der Waals surface area contributed by atoms with Gasteiger partial charge in [-0.05, 0) is 50.2 Å². The lowest BCUT2D eigenvalue weighted by molar-refractivity contribution is -0.384. The van der Waals surface area contributed by atoms with E-state index in [0.29, 0.717) is 5.75 Å². The van der Waals surface area contributed by atoms with Crippen LogP contribution in [0.25, 0.3) is 0 Å². The maximum absolute atomic E-state index is 12.1. The molecule has 0 atom stereocenters. The molecule has 1 amide bonds. The number of nitro benzene ring substituents is 1. The molecule has 26 heavy (non-hydrogen) atoms. The van der Waals surface area contributed by atoms with Crippen LogP contribution in [0.15, 0.2) is 53.4 Å². The third-order valence-electron chi connectivity index (χ3n) is 3.15. The molecule has 0 aromatic heterocycles. The highest BCUT2D eigenvalue weighted by molar-refractivity contribution is 7.89. The second kappa shape index (κ2) is 7.93. The third-order valence-corrected chi connectivity index (χ3v) is 4.41. The first-order valence-electron chi connectivity index (χ1n) is 7.52. The molecular formula is C16H17N3O6S. The number of ether oxygens (including phenoxy) is 1. The summed E-state index contributed by atoms with van der Waals surface area (Å²) in [5.41, 5.74) is 2.07. The van der Waals surface area contributed by atoms with Gasteiger partial charge in [-0.2, -0.15) is 0 Å². The molecule has 0 unspecified atom stereocenters. The highest BCUT2D eigenvalue weighted by Gasteiger charge is 2.17. The monoisotopic (exact) mass is 379 g/mol. The van der Waals surface area contributed by atoms with Gasteiger partial charge in [-0.3, -0.25) is 20.3 Å². The molecule has 0 aliphatic heterocycles. The van der Waals surface area contributed by atoms with Crippen LogP contribution in [0.2, 0.25) is 0 Å². The number of non-ortho nitro benzene ring substituents is 1. The van der Waals surface area contributed by atoms with E-state index in [1.54, 1.807) is 12.1 Å². The van der Waals surface area contributed by atoms with Gasteiger partial charge in [0.05, 0.1) is 15.9 Å². The zero-order valence-electron chi connectivity index (χ0n) is 14.0. The first-order valence-corrected chi connectivity index (χ1v) is 9.00. The number of nitro groups is 1. The molecule has 0 bridgehead atoms. The van der Waals surface area contributed by atoms with Crippen LogP contribution in [-0.2, 0) is 10.0 Å². The number of hydrazine groups is 1. The van der Waals surface area contributed by atoms with E-state index in [2.05, 4.69) is 5.43 Å². The van der Waals surface area contributed by atoms with E-state index in [9.17, 15) is 23.3 Å². The number of benzene rings is 2. The quantitative estimate of drug-likeness (QED) is 0.559. The van der Waals surface area contributed by atoms with Crippen LogP contribution >= 0.6 is 0 Å². The summed E-state index contributed by atoms with van der Waals surface area (Å²) in [5.74, 6) is -0.0744. The minimum absolute atomic E-state index is 0.0109. The lowest BCUT2D eigenvalue weighted by atomic mass is 10.2. The van der Waals surface area contributed by atoms with Gasteiger partial charge in [-0.25, -0.2) is 8.42 Å². The van der Waals surface area contributed by atoms with Gasteiger partial charge in [0.2, 0.25) is 0 Å². The van der Waals surface area contributed by atoms with E-state index in [1.807, 2.05) is 18.7 Å². The van der Waals surface area contributed by atoms with Gasteiger partial charge in [-0.15, -0.1) is 4.83 Å². The minimum atomic E-state index is -4.06. The molecule has 2 aromatic carbocycles. The van der Waals surface area contributed by atoms with Gasteiger partial charge in [0, 0.05) is 17.7 Å². The molecule has 0 aliphatic carbocycles. The number of amides is 1. The van der Waals surface area contributed by atoms with Crippen molar-refractivity contribution in [3.05, 3.63) is 64.2 Å². The molecule has 10 heteroatoms. The third kappa shape index (κ3) is 5.01. The van der Waals surface area contributed by atoms with Crippen molar-refractivity contribution in [3.63, 3.8) is 0 Å². The fourth-order valence-corrected chi connectivity index (χ4v) is 2.79. The van der Waals surface area contributed by atoms with Crippen LogP contribution in [0, 0.1) is 10.1 Å². The fraction of sp³-hybridized carbons (Fsp3) is 0.188. The second-order valence-electron chi connectivity index (χ2n) is 5.50. The number of carbonyl (C=O) groups is 1. The van der Waals surface area contributed by atoms with Crippen molar-refractivity contribution in [2.45, 2.75) is 24.8 Å². The molecule has 2 N–H and O–H groups in total. The lowest BCUT2D eigenvalue weighted by Gasteiger charge is -2.11. The average molecular weight is 379 g/mol. The lowest BCUT2D eigenvalue weighted by Crippen LogP contribution is -2.41. The number of sulfonamides is 1. The summed E-state index contributed by atoms with van der Waals surface area (Å²) >= 11 is 0. The Morgan fingerprint density at radius 3 is 2.15 bits per heavy atom. The Bertz CT molecular complexity index is 893. The summed E-state index contributed by atoms with van der Waals surface area (Å²) in [6.45, 7) is 3.74. The zero-order valence-corrected chi connectivity index (χ0v) is 14.8. The highest BCUT2D eigenvalue weighted by atomic mass is 32.2. The maximum atomic E-state index is 12.1. The molecule has 0 radical (unpaired) electrons. The minimum Gasteiger partial charge on any atom is -0.491 e. The zero-order chi connectivity index (χ0) is 19.3.